The minimum Gasteiger partial charge on any atom is -0.489 e. The Bertz CT molecular complexity index is 710. The van der Waals surface area contributed by atoms with Gasteiger partial charge in [-0.1, -0.05) is 37.6 Å². The van der Waals surface area contributed by atoms with Crippen LogP contribution >= 0.6 is 0 Å². The van der Waals surface area contributed by atoms with Crippen LogP contribution in [0.1, 0.15) is 24.5 Å². The topological polar surface area (TPSA) is 18.5 Å². The van der Waals surface area contributed by atoms with Gasteiger partial charge >= 0.3 is 12.3 Å². The van der Waals surface area contributed by atoms with Crippen LogP contribution in [0.3, 0.4) is 0 Å². The third kappa shape index (κ3) is 6.08. The van der Waals surface area contributed by atoms with Gasteiger partial charge < -0.3 is 9.47 Å². The fourth-order valence-electron chi connectivity index (χ4n) is 2.26. The van der Waals surface area contributed by atoms with Gasteiger partial charge in [-0.25, -0.2) is 4.39 Å². The quantitative estimate of drug-likeness (QED) is 0.506. The molecule has 27 heavy (non-hydrogen) atoms. The molecule has 1 unspecified atom stereocenters. The van der Waals surface area contributed by atoms with E-state index in [1.54, 1.807) is 0 Å². The molecule has 0 fully saturated rings. The molecule has 0 N–H and O–H groups in total. The number of aryl methyl sites for hydroxylation is 1. The summed E-state index contributed by atoms with van der Waals surface area (Å²) in [6, 6.07) is 12.2. The smallest absolute Gasteiger partial charge is 0.439 e. The number of halogens is 6. The molecule has 0 spiro atoms. The van der Waals surface area contributed by atoms with Crippen LogP contribution in [-0.2, 0) is 13.0 Å². The summed E-state index contributed by atoms with van der Waals surface area (Å²) in [7, 11) is 0. The maximum atomic E-state index is 13.2. The first-order valence-electron chi connectivity index (χ1n) is 8.20. The summed E-state index contributed by atoms with van der Waals surface area (Å²) >= 11 is 0. The lowest BCUT2D eigenvalue weighted by Crippen LogP contribution is -2.45. The van der Waals surface area contributed by atoms with E-state index in [0.29, 0.717) is 11.3 Å². The predicted octanol–water partition coefficient (Wildman–Crippen LogP) is 6.09. The van der Waals surface area contributed by atoms with E-state index in [4.69, 9.17) is 4.74 Å². The van der Waals surface area contributed by atoms with Crippen LogP contribution in [0.2, 0.25) is 0 Å². The molecular formula is C19H18F6O2. The monoisotopic (exact) mass is 392 g/mol. The molecule has 1 atom stereocenters. The van der Waals surface area contributed by atoms with Crippen molar-refractivity contribution in [3.05, 3.63) is 59.7 Å². The first-order chi connectivity index (χ1) is 12.6. The van der Waals surface area contributed by atoms with Crippen LogP contribution in [0.4, 0.5) is 26.3 Å². The molecule has 0 aliphatic carbocycles. The van der Waals surface area contributed by atoms with Crippen molar-refractivity contribution in [1.29, 1.82) is 0 Å². The van der Waals surface area contributed by atoms with Crippen molar-refractivity contribution >= 4 is 0 Å². The zero-order valence-electron chi connectivity index (χ0n) is 14.4. The molecule has 0 aliphatic heterocycles. The van der Waals surface area contributed by atoms with Crippen molar-refractivity contribution < 1.29 is 35.8 Å². The molecule has 0 heterocycles. The van der Waals surface area contributed by atoms with E-state index in [9.17, 15) is 26.3 Å². The van der Waals surface area contributed by atoms with E-state index in [1.165, 1.54) is 17.7 Å². The van der Waals surface area contributed by atoms with Gasteiger partial charge in [-0.3, -0.25) is 0 Å². The third-order valence-corrected chi connectivity index (χ3v) is 3.63. The van der Waals surface area contributed by atoms with E-state index in [0.717, 1.165) is 25.0 Å². The Morgan fingerprint density at radius 2 is 1.33 bits per heavy atom. The van der Waals surface area contributed by atoms with E-state index in [-0.39, 0.29) is 6.61 Å². The second-order valence-corrected chi connectivity index (χ2v) is 5.89. The number of alkyl halides is 6. The Labute approximate surface area is 152 Å². The summed E-state index contributed by atoms with van der Waals surface area (Å²) in [5, 5.41) is 0. The van der Waals surface area contributed by atoms with Gasteiger partial charge in [0.05, 0.1) is 0 Å². The van der Waals surface area contributed by atoms with Crippen LogP contribution in [0, 0.1) is 0 Å². The standard InChI is InChI=1S/C19H18F6O2/c1-2-3-13-4-8-15(9-5-13)26-12-14-6-10-16(11-7-14)27-19(24,25)17(20)18(21,22)23/h4-11,17H,2-3,12H2,1H3. The SMILES string of the molecule is CCCc1ccc(OCc2ccc(OC(F)(F)C(F)C(F)(F)F)cc2)cc1. The van der Waals surface area contributed by atoms with Crippen molar-refractivity contribution in [3.8, 4) is 11.5 Å². The average Bonchev–Trinajstić information content (AvgIpc) is 2.61. The minimum atomic E-state index is -5.72. The van der Waals surface area contributed by atoms with Gasteiger partial charge in [0.2, 0.25) is 0 Å². The number of hydrogen-bond donors (Lipinski definition) is 0. The number of benzene rings is 2. The van der Waals surface area contributed by atoms with Crippen LogP contribution < -0.4 is 9.47 Å². The lowest BCUT2D eigenvalue weighted by molar-refractivity contribution is -0.304. The molecule has 8 heteroatoms. The Kier molecular flexibility index (Phi) is 6.62. The molecule has 2 nitrogen and oxygen atoms in total. The largest absolute Gasteiger partial charge is 0.489 e. The fourth-order valence-corrected chi connectivity index (χ4v) is 2.26. The molecule has 2 aromatic carbocycles. The van der Waals surface area contributed by atoms with E-state index < -0.39 is 24.2 Å². The van der Waals surface area contributed by atoms with Crippen LogP contribution in [-0.4, -0.2) is 18.5 Å². The second-order valence-electron chi connectivity index (χ2n) is 5.89. The van der Waals surface area contributed by atoms with Gasteiger partial charge in [0, 0.05) is 0 Å². The summed E-state index contributed by atoms with van der Waals surface area (Å²) < 4.78 is 84.9. The highest BCUT2D eigenvalue weighted by Gasteiger charge is 2.59. The molecule has 148 valence electrons. The van der Waals surface area contributed by atoms with Gasteiger partial charge in [0.25, 0.3) is 6.17 Å². The summed E-state index contributed by atoms with van der Waals surface area (Å²) in [5.74, 6) is 0.0340. The maximum absolute atomic E-state index is 13.2. The van der Waals surface area contributed by atoms with E-state index >= 15 is 0 Å². The van der Waals surface area contributed by atoms with Gasteiger partial charge in [0.15, 0.2) is 0 Å². The summed E-state index contributed by atoms with van der Waals surface area (Å²) in [6.07, 6.45) is -13.2. The van der Waals surface area contributed by atoms with Gasteiger partial charge in [-0.05, 0) is 41.8 Å². The average molecular weight is 392 g/mol. The first kappa shape index (κ1) is 20.9. The molecule has 2 aromatic rings. The Hall–Kier alpha value is -2.38. The normalized spacial score (nSPS) is 13.3. The Morgan fingerprint density at radius 3 is 1.85 bits per heavy atom. The number of rotatable bonds is 8. The van der Waals surface area contributed by atoms with E-state index in [1.807, 2.05) is 24.3 Å². The molecule has 0 radical (unpaired) electrons. The predicted molar refractivity (Wildman–Crippen MR) is 87.7 cm³/mol. The van der Waals surface area contributed by atoms with Gasteiger partial charge in [-0.2, -0.15) is 22.0 Å². The molecule has 0 aromatic heterocycles. The lowest BCUT2D eigenvalue weighted by atomic mass is 10.1. The number of hydrogen-bond acceptors (Lipinski definition) is 2. The van der Waals surface area contributed by atoms with Crippen molar-refractivity contribution in [2.75, 3.05) is 0 Å². The highest BCUT2D eigenvalue weighted by Crippen LogP contribution is 2.36. The second kappa shape index (κ2) is 8.54. The zero-order valence-corrected chi connectivity index (χ0v) is 14.4. The summed E-state index contributed by atoms with van der Waals surface area (Å²) in [4.78, 5) is 0. The van der Waals surface area contributed by atoms with Gasteiger partial charge in [-0.15, -0.1) is 0 Å². The van der Waals surface area contributed by atoms with Crippen LogP contribution in [0.5, 0.6) is 11.5 Å². The van der Waals surface area contributed by atoms with Crippen molar-refractivity contribution in [2.24, 2.45) is 0 Å². The summed E-state index contributed by atoms with van der Waals surface area (Å²) in [5.41, 5.74) is 1.76. The molecule has 0 saturated carbocycles. The molecule has 2 rings (SSSR count). The highest BCUT2D eigenvalue weighted by atomic mass is 19.4. The number of ether oxygens (including phenoxy) is 2. The van der Waals surface area contributed by atoms with Crippen molar-refractivity contribution in [3.63, 3.8) is 0 Å². The van der Waals surface area contributed by atoms with Gasteiger partial charge in [0.1, 0.15) is 18.1 Å². The molecule has 0 amide bonds. The Balaban J connectivity index is 1.93. The highest BCUT2D eigenvalue weighted by molar-refractivity contribution is 5.30. The zero-order chi connectivity index (χ0) is 20.1. The molecule has 0 aliphatic rings. The first-order valence-corrected chi connectivity index (χ1v) is 8.20. The minimum absolute atomic E-state index is 0.123. The fraction of sp³-hybridized carbons (Fsp3) is 0.368. The van der Waals surface area contributed by atoms with Crippen molar-refractivity contribution in [1.82, 2.24) is 0 Å². The molecule has 0 saturated heterocycles. The third-order valence-electron chi connectivity index (χ3n) is 3.63. The lowest BCUT2D eigenvalue weighted by Gasteiger charge is -2.23. The Morgan fingerprint density at radius 1 is 0.815 bits per heavy atom. The molecule has 0 bridgehead atoms. The van der Waals surface area contributed by atoms with Crippen molar-refractivity contribution in [2.45, 2.75) is 44.8 Å². The summed E-state index contributed by atoms with van der Waals surface area (Å²) in [6.45, 7) is 2.20. The maximum Gasteiger partial charge on any atom is 0.439 e. The van der Waals surface area contributed by atoms with Crippen LogP contribution in [0.25, 0.3) is 0 Å². The van der Waals surface area contributed by atoms with Crippen LogP contribution in [0.15, 0.2) is 48.5 Å². The molecular weight excluding hydrogens is 374 g/mol. The van der Waals surface area contributed by atoms with E-state index in [2.05, 4.69) is 11.7 Å².